The summed E-state index contributed by atoms with van der Waals surface area (Å²) in [5.74, 6) is -3.39. The lowest BCUT2D eigenvalue weighted by Gasteiger charge is -2.34. The van der Waals surface area contributed by atoms with Crippen molar-refractivity contribution in [2.75, 3.05) is 37.5 Å². The van der Waals surface area contributed by atoms with Crippen molar-refractivity contribution in [2.45, 2.75) is 89.4 Å². The molecule has 0 spiro atoms. The molecule has 2 fully saturated rings. The summed E-state index contributed by atoms with van der Waals surface area (Å²) in [4.78, 5) is 83.2. The van der Waals surface area contributed by atoms with Crippen molar-refractivity contribution in [3.05, 3.63) is 90.9 Å². The van der Waals surface area contributed by atoms with E-state index in [1.54, 1.807) is 33.5 Å². The van der Waals surface area contributed by atoms with Crippen molar-refractivity contribution < 1.29 is 38.2 Å². The molecule has 0 saturated carbocycles. The van der Waals surface area contributed by atoms with Gasteiger partial charge < -0.3 is 40.3 Å². The summed E-state index contributed by atoms with van der Waals surface area (Å²) in [6.07, 6.45) is 8.28. The second-order valence-corrected chi connectivity index (χ2v) is 17.8. The number of nitrogen functional groups attached to an aromatic ring is 1. The number of carbonyl (C=O) groups excluding carboxylic acids is 6. The van der Waals surface area contributed by atoms with Gasteiger partial charge in [-0.15, -0.1) is 0 Å². The van der Waals surface area contributed by atoms with Crippen molar-refractivity contribution in [3.63, 3.8) is 0 Å². The zero-order chi connectivity index (χ0) is 45.6. The fourth-order valence-electron chi connectivity index (χ4n) is 7.83. The van der Waals surface area contributed by atoms with Crippen LogP contribution in [0, 0.1) is 0 Å². The number of ketones is 2. The molecule has 8 rings (SSSR count). The van der Waals surface area contributed by atoms with Gasteiger partial charge in [0.1, 0.15) is 21.7 Å². The molecular weight excluding hydrogens is 922 g/mol. The van der Waals surface area contributed by atoms with E-state index in [-0.39, 0.29) is 37.7 Å². The molecular formula is C42H45Cl5N8O8. The lowest BCUT2D eigenvalue weighted by molar-refractivity contribution is -0.120. The van der Waals surface area contributed by atoms with Gasteiger partial charge in [0, 0.05) is 85.8 Å². The molecule has 4 aliphatic rings. The largest absolute Gasteiger partial charge is 0.399 e. The standard InChI is InChI=1S/C21H22Cl2N4O4.C16H18Cl2N2O4.C5H5ClN2/c1-21(5-9-31-10-6-21)26-20(30)18(28)17-16(23)15(13-3-2-8-27(13)17)19(29)25-12-4-7-24-14(22)11-12;1-16(4-7-24-8-5-16)19-15(23)13(21)12-11(17)10(14(18)22)9-3-2-6-20(9)12;6-5-3-4(7)1-2-8-5/h4,7,11H,2-3,5-6,8-10H2,1H3,(H,26,30)(H,24,25,29);2-8H2,1H3,(H,19,23);1-3H,(H2,7,8). The Hall–Kier alpha value is -4.55. The average Bonchev–Trinajstić information content (AvgIpc) is 3.99. The lowest BCUT2D eigenvalue weighted by Crippen LogP contribution is -2.51. The van der Waals surface area contributed by atoms with Gasteiger partial charge in [-0.3, -0.25) is 28.8 Å². The molecule has 0 aliphatic carbocycles. The average molecular weight is 967 g/mol. The first-order valence-corrected chi connectivity index (χ1v) is 22.0. The summed E-state index contributed by atoms with van der Waals surface area (Å²) >= 11 is 29.7. The van der Waals surface area contributed by atoms with Crippen LogP contribution in [-0.2, 0) is 45.0 Å². The predicted octanol–water partition coefficient (Wildman–Crippen LogP) is 6.91. The second kappa shape index (κ2) is 20.5. The normalized spacial score (nSPS) is 16.8. The van der Waals surface area contributed by atoms with Crippen LogP contribution in [0.5, 0.6) is 0 Å². The molecule has 21 heteroatoms. The van der Waals surface area contributed by atoms with E-state index in [1.807, 2.05) is 13.8 Å². The fraction of sp³-hybridized carbons (Fsp3) is 0.429. The molecule has 63 heavy (non-hydrogen) atoms. The molecule has 0 radical (unpaired) electrons. The van der Waals surface area contributed by atoms with Crippen molar-refractivity contribution in [1.82, 2.24) is 29.7 Å². The first-order valence-electron chi connectivity index (χ1n) is 20.1. The Kier molecular flexibility index (Phi) is 15.6. The number of nitrogens with two attached hydrogens (primary N) is 1. The molecule has 8 heterocycles. The van der Waals surface area contributed by atoms with Crippen molar-refractivity contribution >= 4 is 104 Å². The van der Waals surface area contributed by atoms with Crippen LogP contribution in [0.1, 0.15) is 105 Å². The smallest absolute Gasteiger partial charge is 0.294 e. The van der Waals surface area contributed by atoms with Crippen LogP contribution < -0.4 is 21.7 Å². The van der Waals surface area contributed by atoms with Crippen LogP contribution >= 0.6 is 58.0 Å². The van der Waals surface area contributed by atoms with Gasteiger partial charge in [0.2, 0.25) is 0 Å². The summed E-state index contributed by atoms with van der Waals surface area (Å²) in [7, 11) is 0. The number of Topliss-reactive ketones (excluding diaryl/α,β-unsaturated/α-hetero) is 2. The fourth-order valence-corrected chi connectivity index (χ4v) is 9.20. The molecule has 5 N–H and O–H groups in total. The highest BCUT2D eigenvalue weighted by Crippen LogP contribution is 2.36. The monoisotopic (exact) mass is 964 g/mol. The Labute approximate surface area is 387 Å². The molecule has 16 nitrogen and oxygen atoms in total. The second-order valence-electron chi connectivity index (χ2n) is 15.9. The number of nitrogens with one attached hydrogen (secondary N) is 3. The van der Waals surface area contributed by atoms with Crippen LogP contribution in [-0.4, -0.2) is 91.1 Å². The molecule has 4 aromatic heterocycles. The minimum Gasteiger partial charge on any atom is -0.399 e. The Bertz CT molecular complexity index is 2420. The van der Waals surface area contributed by atoms with E-state index in [0.29, 0.717) is 106 Å². The van der Waals surface area contributed by atoms with E-state index >= 15 is 0 Å². The summed E-state index contributed by atoms with van der Waals surface area (Å²) in [5, 5.41) is 8.29. The molecule has 2 saturated heterocycles. The van der Waals surface area contributed by atoms with E-state index in [9.17, 15) is 28.8 Å². The Morgan fingerprint density at radius 1 is 0.683 bits per heavy atom. The number of pyridine rings is 2. The maximum Gasteiger partial charge on any atom is 0.294 e. The quantitative estimate of drug-likeness (QED) is 0.0585. The maximum absolute atomic E-state index is 13.1. The van der Waals surface area contributed by atoms with Gasteiger partial charge in [-0.05, 0) is 101 Å². The van der Waals surface area contributed by atoms with E-state index in [1.165, 1.54) is 12.3 Å². The Morgan fingerprint density at radius 2 is 1.13 bits per heavy atom. The van der Waals surface area contributed by atoms with E-state index in [4.69, 9.17) is 73.2 Å². The zero-order valence-corrected chi connectivity index (χ0v) is 38.2. The number of amides is 3. The predicted molar refractivity (Wildman–Crippen MR) is 238 cm³/mol. The zero-order valence-electron chi connectivity index (χ0n) is 34.4. The number of aromatic nitrogens is 4. The topological polar surface area (TPSA) is 219 Å². The van der Waals surface area contributed by atoms with Gasteiger partial charge in [-0.25, -0.2) is 9.97 Å². The van der Waals surface area contributed by atoms with Crippen LogP contribution in [0.25, 0.3) is 0 Å². The minimum atomic E-state index is -0.744. The van der Waals surface area contributed by atoms with Crippen molar-refractivity contribution in [1.29, 1.82) is 0 Å². The van der Waals surface area contributed by atoms with Gasteiger partial charge in [-0.2, -0.15) is 0 Å². The number of fused-ring (bicyclic) bond motifs is 2. The number of rotatable bonds is 9. The summed E-state index contributed by atoms with van der Waals surface area (Å²) in [6.45, 7) is 6.96. The van der Waals surface area contributed by atoms with Crippen LogP contribution in [0.2, 0.25) is 20.4 Å². The lowest BCUT2D eigenvalue weighted by atomic mass is 9.92. The van der Waals surface area contributed by atoms with Gasteiger partial charge in [0.05, 0.1) is 21.2 Å². The number of nitrogens with zero attached hydrogens (tertiary/aromatic N) is 4. The maximum atomic E-state index is 13.1. The number of anilines is 2. The highest BCUT2D eigenvalue weighted by Gasteiger charge is 2.39. The molecule has 0 aromatic carbocycles. The van der Waals surface area contributed by atoms with E-state index in [2.05, 4.69) is 25.9 Å². The third-order valence-electron chi connectivity index (χ3n) is 11.2. The molecule has 4 aromatic rings. The summed E-state index contributed by atoms with van der Waals surface area (Å²) in [5.41, 5.74) is 7.18. The molecule has 0 atom stereocenters. The van der Waals surface area contributed by atoms with Crippen LogP contribution in [0.3, 0.4) is 0 Å². The van der Waals surface area contributed by atoms with Gasteiger partial charge in [-0.1, -0.05) is 46.4 Å². The first kappa shape index (κ1) is 47.9. The summed E-state index contributed by atoms with van der Waals surface area (Å²) in [6, 6.07) is 6.40. The molecule has 0 unspecified atom stereocenters. The van der Waals surface area contributed by atoms with Crippen molar-refractivity contribution in [2.24, 2.45) is 0 Å². The minimum absolute atomic E-state index is 0.00960. The number of ether oxygens (including phenoxy) is 2. The van der Waals surface area contributed by atoms with Gasteiger partial charge in [0.25, 0.3) is 34.5 Å². The van der Waals surface area contributed by atoms with Crippen LogP contribution in [0.15, 0.2) is 36.7 Å². The molecule has 4 aliphatic heterocycles. The highest BCUT2D eigenvalue weighted by atomic mass is 35.5. The van der Waals surface area contributed by atoms with E-state index < -0.39 is 45.6 Å². The van der Waals surface area contributed by atoms with E-state index in [0.717, 1.165) is 12.8 Å². The van der Waals surface area contributed by atoms with Gasteiger partial charge in [0.15, 0.2) is 0 Å². The first-order chi connectivity index (χ1) is 29.9. The number of hydrogen-bond donors (Lipinski definition) is 4. The molecule has 336 valence electrons. The van der Waals surface area contributed by atoms with Crippen molar-refractivity contribution in [3.8, 4) is 0 Å². The number of halogens is 5. The SMILES string of the molecule is CC1(NC(=O)C(=O)c2c(Cl)c(C(=O)Cl)c3n2CCC3)CCOCC1.CC1(NC(=O)C(=O)c2c(Cl)c(C(=O)Nc3ccnc(Cl)c3)c3n2CCC3)CCOCC1.Nc1ccnc(Cl)c1. The highest BCUT2D eigenvalue weighted by molar-refractivity contribution is 6.69. The van der Waals surface area contributed by atoms with Gasteiger partial charge >= 0.3 is 0 Å². The molecule has 3 amide bonds. The number of hydrogen-bond acceptors (Lipinski definition) is 11. The summed E-state index contributed by atoms with van der Waals surface area (Å²) < 4.78 is 14.0. The Morgan fingerprint density at radius 3 is 1.56 bits per heavy atom. The number of carbonyl (C=O) groups is 6. The van der Waals surface area contributed by atoms with Crippen LogP contribution in [0.4, 0.5) is 11.4 Å². The Balaban J connectivity index is 0.000000182. The molecule has 0 bridgehead atoms. The third kappa shape index (κ3) is 11.2. The third-order valence-corrected chi connectivity index (χ3v) is 12.6.